The molecule has 0 amide bonds. The summed E-state index contributed by atoms with van der Waals surface area (Å²) >= 11 is 0. The number of allylic oxidation sites excluding steroid dienone is 2. The van der Waals surface area contributed by atoms with E-state index >= 15 is 0 Å². The van der Waals surface area contributed by atoms with Crippen molar-refractivity contribution in [2.24, 2.45) is 5.41 Å². The average Bonchev–Trinajstić information content (AvgIpc) is 2.03. The Balaban J connectivity index is 0. The van der Waals surface area contributed by atoms with Crippen LogP contribution in [0.4, 0.5) is 0 Å². The van der Waals surface area contributed by atoms with Crippen LogP contribution < -0.4 is 0 Å². The Labute approximate surface area is 77.4 Å². The van der Waals surface area contributed by atoms with Crippen molar-refractivity contribution < 1.29 is 0 Å². The van der Waals surface area contributed by atoms with Crippen LogP contribution in [-0.4, -0.2) is 6.21 Å². The Hall–Kier alpha value is -0.590. The molecule has 0 aromatic rings. The van der Waals surface area contributed by atoms with E-state index in [0.29, 0.717) is 5.41 Å². The van der Waals surface area contributed by atoms with Gasteiger partial charge in [0.05, 0.1) is 0 Å². The van der Waals surface area contributed by atoms with E-state index in [1.165, 1.54) is 12.6 Å². The van der Waals surface area contributed by atoms with Crippen molar-refractivity contribution in [1.29, 1.82) is 5.41 Å². The van der Waals surface area contributed by atoms with Crippen molar-refractivity contribution in [1.82, 2.24) is 0 Å². The molecular formula is C11H23N. The van der Waals surface area contributed by atoms with Gasteiger partial charge in [-0.1, -0.05) is 40.2 Å². The number of nitrogens with one attached hydrogen (secondary N) is 1. The quantitative estimate of drug-likeness (QED) is 0.573. The van der Waals surface area contributed by atoms with Crippen LogP contribution in [-0.2, 0) is 0 Å². The zero-order valence-electron chi connectivity index (χ0n) is 9.36. The van der Waals surface area contributed by atoms with E-state index < -0.39 is 0 Å². The van der Waals surface area contributed by atoms with E-state index in [1.807, 2.05) is 19.9 Å². The van der Waals surface area contributed by atoms with E-state index in [-0.39, 0.29) is 0 Å². The molecule has 0 unspecified atom stereocenters. The van der Waals surface area contributed by atoms with Crippen molar-refractivity contribution in [2.75, 3.05) is 0 Å². The van der Waals surface area contributed by atoms with Gasteiger partial charge in [0.1, 0.15) is 0 Å². The average molecular weight is 169 g/mol. The third-order valence-electron chi connectivity index (χ3n) is 1.74. The smallest absolute Gasteiger partial charge is 0.0203 e. The molecule has 12 heavy (non-hydrogen) atoms. The molecule has 0 saturated heterocycles. The van der Waals surface area contributed by atoms with Crippen LogP contribution in [0, 0.1) is 10.8 Å². The first-order valence-corrected chi connectivity index (χ1v) is 4.50. The maximum Gasteiger partial charge on any atom is 0.0203 e. The first-order valence-electron chi connectivity index (χ1n) is 4.50. The number of hydrogen-bond donors (Lipinski definition) is 1. The zero-order valence-corrected chi connectivity index (χ0v) is 9.36. The maximum atomic E-state index is 6.62. The minimum Gasteiger partial charge on any atom is -0.308 e. The Morgan fingerprint density at radius 3 is 1.67 bits per heavy atom. The molecule has 72 valence electrons. The van der Waals surface area contributed by atoms with Gasteiger partial charge in [0, 0.05) is 6.21 Å². The topological polar surface area (TPSA) is 23.9 Å². The molecule has 1 heteroatoms. The lowest BCUT2D eigenvalue weighted by atomic mass is 9.94. The fraction of sp³-hybridized carbons (Fsp3) is 0.727. The fourth-order valence-electron chi connectivity index (χ4n) is 0.0833. The number of rotatable bonds is 1. The van der Waals surface area contributed by atoms with Crippen molar-refractivity contribution >= 4 is 6.21 Å². The van der Waals surface area contributed by atoms with Gasteiger partial charge in [-0.05, 0) is 24.8 Å². The Bertz CT molecular complexity index is 138. The fourth-order valence-corrected chi connectivity index (χ4v) is 0.0833. The molecule has 0 aromatic heterocycles. The number of hydrogen-bond acceptors (Lipinski definition) is 1. The van der Waals surface area contributed by atoms with Gasteiger partial charge in [-0.2, -0.15) is 0 Å². The van der Waals surface area contributed by atoms with E-state index in [0.717, 1.165) is 5.57 Å². The molecule has 0 fully saturated rings. The molecule has 0 atom stereocenters. The summed E-state index contributed by atoms with van der Waals surface area (Å²) in [6.45, 7) is 12.8. The molecule has 0 saturated carbocycles. The second kappa shape index (κ2) is 7.08. The summed E-state index contributed by atoms with van der Waals surface area (Å²) in [6, 6.07) is 0. The van der Waals surface area contributed by atoms with Gasteiger partial charge < -0.3 is 5.41 Å². The van der Waals surface area contributed by atoms with Crippen LogP contribution >= 0.6 is 0 Å². The van der Waals surface area contributed by atoms with Gasteiger partial charge in [-0.25, -0.2) is 0 Å². The van der Waals surface area contributed by atoms with Crippen LogP contribution in [0.3, 0.4) is 0 Å². The lowest BCUT2D eigenvalue weighted by Gasteiger charge is -2.12. The van der Waals surface area contributed by atoms with E-state index in [1.54, 1.807) is 0 Å². The lowest BCUT2D eigenvalue weighted by molar-refractivity contribution is 0.398. The van der Waals surface area contributed by atoms with Crippen molar-refractivity contribution in [3.8, 4) is 0 Å². The highest BCUT2D eigenvalue weighted by molar-refractivity contribution is 5.74. The standard InChI is InChI=1S/C6H14.C5H9N/c1-5-6(2,3)4;1-3-5(2)4-6/h5H2,1-4H3;3-4,6H,1-2H3/b;5-3-,6-4?. The van der Waals surface area contributed by atoms with Crippen molar-refractivity contribution in [3.05, 3.63) is 11.6 Å². The molecule has 0 aliphatic rings. The van der Waals surface area contributed by atoms with Crippen LogP contribution in [0.25, 0.3) is 0 Å². The lowest BCUT2D eigenvalue weighted by Crippen LogP contribution is -2.00. The summed E-state index contributed by atoms with van der Waals surface area (Å²) in [4.78, 5) is 0. The molecule has 0 rings (SSSR count). The predicted octanol–water partition coefficient (Wildman–Crippen LogP) is 4.04. The summed E-state index contributed by atoms with van der Waals surface area (Å²) in [5.41, 5.74) is 1.55. The molecule has 1 N–H and O–H groups in total. The second-order valence-electron chi connectivity index (χ2n) is 4.09. The summed E-state index contributed by atoms with van der Waals surface area (Å²) in [5.74, 6) is 0. The zero-order chi connectivity index (χ0) is 10.2. The van der Waals surface area contributed by atoms with E-state index in [2.05, 4.69) is 27.7 Å². The summed E-state index contributed by atoms with van der Waals surface area (Å²) in [7, 11) is 0. The molecule has 0 aliphatic carbocycles. The van der Waals surface area contributed by atoms with Gasteiger partial charge in [-0.15, -0.1) is 0 Å². The monoisotopic (exact) mass is 169 g/mol. The van der Waals surface area contributed by atoms with Crippen LogP contribution in [0.15, 0.2) is 11.6 Å². The molecule has 0 radical (unpaired) electrons. The third-order valence-corrected chi connectivity index (χ3v) is 1.74. The molecular weight excluding hydrogens is 146 g/mol. The van der Waals surface area contributed by atoms with E-state index in [4.69, 9.17) is 5.41 Å². The van der Waals surface area contributed by atoms with Crippen molar-refractivity contribution in [3.63, 3.8) is 0 Å². The summed E-state index contributed by atoms with van der Waals surface area (Å²) in [6.07, 6.45) is 4.50. The van der Waals surface area contributed by atoms with Gasteiger partial charge in [0.2, 0.25) is 0 Å². The Morgan fingerprint density at radius 2 is 1.67 bits per heavy atom. The maximum absolute atomic E-state index is 6.62. The SMILES string of the molecule is C/C=C(/C)C=N.CCC(C)(C)C. The molecule has 0 aromatic carbocycles. The third kappa shape index (κ3) is 16.2. The van der Waals surface area contributed by atoms with Gasteiger partial charge in [-0.3, -0.25) is 0 Å². The van der Waals surface area contributed by atoms with Crippen LogP contribution in [0.5, 0.6) is 0 Å². The van der Waals surface area contributed by atoms with Crippen LogP contribution in [0.2, 0.25) is 0 Å². The van der Waals surface area contributed by atoms with Gasteiger partial charge in [0.25, 0.3) is 0 Å². The first kappa shape index (κ1) is 14.0. The minimum atomic E-state index is 0.542. The second-order valence-corrected chi connectivity index (χ2v) is 4.09. The van der Waals surface area contributed by atoms with E-state index in [9.17, 15) is 0 Å². The van der Waals surface area contributed by atoms with Crippen LogP contribution in [0.1, 0.15) is 48.0 Å². The summed E-state index contributed by atoms with van der Waals surface area (Å²) in [5, 5.41) is 6.62. The molecule has 0 aliphatic heterocycles. The Kier molecular flexibility index (Phi) is 8.24. The summed E-state index contributed by atoms with van der Waals surface area (Å²) < 4.78 is 0. The first-order chi connectivity index (χ1) is 5.37. The molecule has 0 heterocycles. The largest absolute Gasteiger partial charge is 0.308 e. The normalized spacial score (nSPS) is 11.7. The minimum absolute atomic E-state index is 0.542. The molecule has 0 spiro atoms. The van der Waals surface area contributed by atoms with Crippen molar-refractivity contribution in [2.45, 2.75) is 48.0 Å². The molecule has 1 nitrogen and oxygen atoms in total. The van der Waals surface area contributed by atoms with Gasteiger partial charge >= 0.3 is 0 Å². The highest BCUT2D eigenvalue weighted by Gasteiger charge is 2.03. The highest BCUT2D eigenvalue weighted by atomic mass is 14.3. The van der Waals surface area contributed by atoms with Gasteiger partial charge in [0.15, 0.2) is 0 Å². The highest BCUT2D eigenvalue weighted by Crippen LogP contribution is 2.16. The predicted molar refractivity (Wildman–Crippen MR) is 58.0 cm³/mol. The molecule has 0 bridgehead atoms. The Morgan fingerprint density at radius 1 is 1.33 bits per heavy atom.